The smallest absolute Gasteiger partial charge is 0.268 e. The molecule has 0 bridgehead atoms. The predicted octanol–water partition coefficient (Wildman–Crippen LogP) is 4.82. The largest absolute Gasteiger partial charge is 0.347 e. The van der Waals surface area contributed by atoms with E-state index in [1.165, 1.54) is 6.07 Å². The van der Waals surface area contributed by atoms with Gasteiger partial charge in [0.1, 0.15) is 11.5 Å². The number of unbranched alkanes of at least 4 members (excludes halogenated alkanes) is 1. The Labute approximate surface area is 147 Å². The first-order chi connectivity index (χ1) is 12.1. The molecule has 0 aliphatic carbocycles. The number of fused-ring (bicyclic) bond motifs is 1. The first kappa shape index (κ1) is 17.2. The van der Waals surface area contributed by atoms with Gasteiger partial charge in [-0.2, -0.15) is 0 Å². The van der Waals surface area contributed by atoms with Crippen molar-refractivity contribution in [3.05, 3.63) is 71.2 Å². The standard InChI is InChI=1S/C21H23FN2O/c1-3-4-13-24-19-12-8-6-10-17(19)15(2)20(24)21(25)23-14-16-9-5-7-11-18(16)22/h5-12H,3-4,13-14H2,1-2H3,(H,23,25). The van der Waals surface area contributed by atoms with Crippen molar-refractivity contribution in [2.75, 3.05) is 0 Å². The minimum atomic E-state index is -0.300. The van der Waals surface area contributed by atoms with Crippen molar-refractivity contribution in [1.29, 1.82) is 0 Å². The number of nitrogens with one attached hydrogen (secondary N) is 1. The Kier molecular flexibility index (Phi) is 5.17. The summed E-state index contributed by atoms with van der Waals surface area (Å²) in [4.78, 5) is 12.8. The Morgan fingerprint density at radius 1 is 1.12 bits per heavy atom. The van der Waals surface area contributed by atoms with Crippen LogP contribution in [0, 0.1) is 12.7 Å². The third-order valence-corrected chi connectivity index (χ3v) is 4.57. The van der Waals surface area contributed by atoms with Gasteiger partial charge in [-0.05, 0) is 31.0 Å². The van der Waals surface area contributed by atoms with Crippen LogP contribution in [0.5, 0.6) is 0 Å². The Morgan fingerprint density at radius 2 is 1.84 bits per heavy atom. The summed E-state index contributed by atoms with van der Waals surface area (Å²) in [5, 5.41) is 3.97. The summed E-state index contributed by atoms with van der Waals surface area (Å²) < 4.78 is 15.9. The summed E-state index contributed by atoms with van der Waals surface area (Å²) >= 11 is 0. The number of halogens is 1. The second-order valence-electron chi connectivity index (χ2n) is 6.27. The van der Waals surface area contributed by atoms with E-state index in [2.05, 4.69) is 16.8 Å². The van der Waals surface area contributed by atoms with Crippen molar-refractivity contribution < 1.29 is 9.18 Å². The number of carbonyl (C=O) groups is 1. The molecule has 0 atom stereocenters. The molecule has 0 unspecified atom stereocenters. The molecule has 1 aromatic heterocycles. The molecular weight excluding hydrogens is 315 g/mol. The first-order valence-corrected chi connectivity index (χ1v) is 8.73. The van der Waals surface area contributed by atoms with Crippen LogP contribution in [0.3, 0.4) is 0 Å². The van der Waals surface area contributed by atoms with Crippen LogP contribution in [0.25, 0.3) is 10.9 Å². The van der Waals surface area contributed by atoms with E-state index in [0.717, 1.165) is 35.9 Å². The molecule has 0 saturated heterocycles. The zero-order valence-electron chi connectivity index (χ0n) is 14.7. The van der Waals surface area contributed by atoms with E-state index in [0.29, 0.717) is 11.3 Å². The number of aryl methyl sites for hydroxylation is 2. The van der Waals surface area contributed by atoms with Crippen LogP contribution in [0.4, 0.5) is 4.39 Å². The number of amides is 1. The fraction of sp³-hybridized carbons (Fsp3) is 0.286. The monoisotopic (exact) mass is 338 g/mol. The van der Waals surface area contributed by atoms with Gasteiger partial charge < -0.3 is 9.88 Å². The summed E-state index contributed by atoms with van der Waals surface area (Å²) in [6.45, 7) is 5.09. The molecule has 0 saturated carbocycles. The minimum Gasteiger partial charge on any atom is -0.347 e. The molecule has 1 N–H and O–H groups in total. The molecule has 1 heterocycles. The van der Waals surface area contributed by atoms with Gasteiger partial charge in [-0.25, -0.2) is 4.39 Å². The lowest BCUT2D eigenvalue weighted by atomic mass is 10.1. The van der Waals surface area contributed by atoms with E-state index in [9.17, 15) is 9.18 Å². The maximum atomic E-state index is 13.8. The van der Waals surface area contributed by atoms with E-state index in [1.54, 1.807) is 18.2 Å². The third-order valence-electron chi connectivity index (χ3n) is 4.57. The van der Waals surface area contributed by atoms with Gasteiger partial charge >= 0.3 is 0 Å². The fourth-order valence-electron chi connectivity index (χ4n) is 3.22. The third kappa shape index (κ3) is 3.43. The topological polar surface area (TPSA) is 34.0 Å². The molecule has 0 aliphatic heterocycles. The van der Waals surface area contributed by atoms with E-state index in [1.807, 2.05) is 31.2 Å². The first-order valence-electron chi connectivity index (χ1n) is 8.73. The zero-order chi connectivity index (χ0) is 17.8. The molecular formula is C21H23FN2O. The van der Waals surface area contributed by atoms with Crippen molar-refractivity contribution in [3.8, 4) is 0 Å². The van der Waals surface area contributed by atoms with Crippen molar-refractivity contribution in [3.63, 3.8) is 0 Å². The number of benzene rings is 2. The molecule has 3 rings (SSSR count). The second kappa shape index (κ2) is 7.51. The van der Waals surface area contributed by atoms with Crippen LogP contribution < -0.4 is 5.32 Å². The highest BCUT2D eigenvalue weighted by Gasteiger charge is 2.19. The minimum absolute atomic E-state index is 0.159. The van der Waals surface area contributed by atoms with Crippen molar-refractivity contribution in [1.82, 2.24) is 9.88 Å². The van der Waals surface area contributed by atoms with Crippen molar-refractivity contribution in [2.45, 2.75) is 39.8 Å². The van der Waals surface area contributed by atoms with Crippen LogP contribution in [0.15, 0.2) is 48.5 Å². The van der Waals surface area contributed by atoms with Crippen LogP contribution in [-0.4, -0.2) is 10.5 Å². The summed E-state index contributed by atoms with van der Waals surface area (Å²) in [5.74, 6) is -0.459. The number of hydrogen-bond acceptors (Lipinski definition) is 1. The van der Waals surface area contributed by atoms with Gasteiger partial charge in [-0.1, -0.05) is 49.7 Å². The van der Waals surface area contributed by atoms with Gasteiger partial charge in [-0.15, -0.1) is 0 Å². The SMILES string of the molecule is CCCCn1c(C(=O)NCc2ccccc2F)c(C)c2ccccc21. The van der Waals surface area contributed by atoms with Gasteiger partial charge in [-0.3, -0.25) is 4.79 Å². The fourth-order valence-corrected chi connectivity index (χ4v) is 3.22. The molecule has 2 aromatic carbocycles. The maximum Gasteiger partial charge on any atom is 0.268 e. The molecule has 0 radical (unpaired) electrons. The summed E-state index contributed by atoms with van der Waals surface area (Å²) in [5.41, 5.74) is 3.21. The maximum absolute atomic E-state index is 13.8. The van der Waals surface area contributed by atoms with Gasteiger partial charge in [0, 0.05) is 29.6 Å². The molecule has 3 aromatic rings. The Morgan fingerprint density at radius 3 is 2.60 bits per heavy atom. The van der Waals surface area contributed by atoms with E-state index < -0.39 is 0 Å². The van der Waals surface area contributed by atoms with Crippen LogP contribution >= 0.6 is 0 Å². The lowest BCUT2D eigenvalue weighted by molar-refractivity contribution is 0.0941. The zero-order valence-corrected chi connectivity index (χ0v) is 14.7. The van der Waals surface area contributed by atoms with Gasteiger partial charge in [0.2, 0.25) is 0 Å². The second-order valence-corrected chi connectivity index (χ2v) is 6.27. The van der Waals surface area contributed by atoms with Crippen LogP contribution in [0.1, 0.15) is 41.4 Å². The molecule has 25 heavy (non-hydrogen) atoms. The molecule has 1 amide bonds. The number of aromatic nitrogens is 1. The molecule has 0 aliphatic rings. The lowest BCUT2D eigenvalue weighted by Crippen LogP contribution is -2.26. The van der Waals surface area contributed by atoms with Crippen LogP contribution in [-0.2, 0) is 13.1 Å². The molecule has 0 spiro atoms. The van der Waals surface area contributed by atoms with Gasteiger partial charge in [0.05, 0.1) is 0 Å². The highest BCUT2D eigenvalue weighted by Crippen LogP contribution is 2.26. The van der Waals surface area contributed by atoms with E-state index in [4.69, 9.17) is 0 Å². The number of para-hydroxylation sites is 1. The number of nitrogens with zero attached hydrogens (tertiary/aromatic N) is 1. The molecule has 4 heteroatoms. The molecule has 130 valence electrons. The highest BCUT2D eigenvalue weighted by atomic mass is 19.1. The average Bonchev–Trinajstić information content (AvgIpc) is 2.91. The lowest BCUT2D eigenvalue weighted by Gasteiger charge is -2.12. The summed E-state index contributed by atoms with van der Waals surface area (Å²) in [6, 6.07) is 14.6. The van der Waals surface area contributed by atoms with Gasteiger partial charge in [0.15, 0.2) is 0 Å². The van der Waals surface area contributed by atoms with Crippen molar-refractivity contribution in [2.24, 2.45) is 0 Å². The number of hydrogen-bond donors (Lipinski definition) is 1. The summed E-state index contributed by atoms with van der Waals surface area (Å²) in [6.07, 6.45) is 2.06. The predicted molar refractivity (Wildman–Crippen MR) is 99.2 cm³/mol. The Balaban J connectivity index is 1.92. The van der Waals surface area contributed by atoms with E-state index >= 15 is 0 Å². The number of carbonyl (C=O) groups excluding carboxylic acids is 1. The Hall–Kier alpha value is -2.62. The highest BCUT2D eigenvalue weighted by molar-refractivity contribution is 6.01. The van der Waals surface area contributed by atoms with Crippen LogP contribution in [0.2, 0.25) is 0 Å². The van der Waals surface area contributed by atoms with E-state index in [-0.39, 0.29) is 18.3 Å². The average molecular weight is 338 g/mol. The van der Waals surface area contributed by atoms with Crippen molar-refractivity contribution >= 4 is 16.8 Å². The molecule has 0 fully saturated rings. The Bertz CT molecular complexity index is 898. The quantitative estimate of drug-likeness (QED) is 0.687. The van der Waals surface area contributed by atoms with Gasteiger partial charge in [0.25, 0.3) is 5.91 Å². The normalized spacial score (nSPS) is 11.0. The summed E-state index contributed by atoms with van der Waals surface area (Å²) in [7, 11) is 0. The molecule has 3 nitrogen and oxygen atoms in total. The number of rotatable bonds is 6.